The summed E-state index contributed by atoms with van der Waals surface area (Å²) in [6.45, 7) is 1.69. The van der Waals surface area contributed by atoms with Gasteiger partial charge in [-0.05, 0) is 49.4 Å². The number of nitrogens with zero attached hydrogens (tertiary/aromatic N) is 4. The van der Waals surface area contributed by atoms with Gasteiger partial charge in [-0.3, -0.25) is 9.78 Å². The lowest BCUT2D eigenvalue weighted by atomic mass is 10.1. The number of aliphatic imine (C=N–C) groups is 1. The molecule has 0 bridgehead atoms. The summed E-state index contributed by atoms with van der Waals surface area (Å²) in [5, 5.41) is 4.37. The number of halogens is 1. The Hall–Kier alpha value is -4.39. The van der Waals surface area contributed by atoms with E-state index in [2.05, 4.69) is 15.1 Å². The van der Waals surface area contributed by atoms with Gasteiger partial charge in [0.15, 0.2) is 5.69 Å². The highest BCUT2D eigenvalue weighted by atomic mass is 19.1. The van der Waals surface area contributed by atoms with Crippen LogP contribution in [0.4, 0.5) is 10.1 Å². The molecule has 2 aromatic carbocycles. The number of rotatable bonds is 5. The third kappa shape index (κ3) is 4.67. The minimum absolute atomic E-state index is 0.0642. The molecule has 32 heavy (non-hydrogen) atoms. The van der Waals surface area contributed by atoms with E-state index < -0.39 is 5.82 Å². The maximum atomic E-state index is 15.0. The molecule has 0 unspecified atom stereocenters. The monoisotopic (exact) mass is 425 g/mol. The first-order chi connectivity index (χ1) is 15.5. The van der Waals surface area contributed by atoms with Crippen molar-refractivity contribution in [2.45, 2.75) is 6.92 Å². The van der Waals surface area contributed by atoms with Crippen LogP contribution in [-0.2, 0) is 0 Å². The van der Waals surface area contributed by atoms with Crippen molar-refractivity contribution in [3.63, 3.8) is 0 Å². The van der Waals surface area contributed by atoms with Crippen LogP contribution in [0.1, 0.15) is 12.6 Å². The van der Waals surface area contributed by atoms with Gasteiger partial charge in [0.25, 0.3) is 0 Å². The highest BCUT2D eigenvalue weighted by molar-refractivity contribution is 6.08. The van der Waals surface area contributed by atoms with E-state index in [1.165, 1.54) is 23.0 Å². The van der Waals surface area contributed by atoms with Crippen molar-refractivity contribution in [2.24, 2.45) is 10.7 Å². The van der Waals surface area contributed by atoms with Crippen molar-refractivity contribution in [3.05, 3.63) is 119 Å². The maximum absolute atomic E-state index is 15.0. The van der Waals surface area contributed by atoms with Crippen molar-refractivity contribution in [2.75, 3.05) is 0 Å². The van der Waals surface area contributed by atoms with Crippen LogP contribution in [0.5, 0.6) is 0 Å². The SMILES string of the molecule is CC(N)=CC(=Nc1ccccc1)c1nn(-c2ccc(-c3ccccn3)cc2F)ccc1=O. The van der Waals surface area contributed by atoms with Crippen molar-refractivity contribution in [3.8, 4) is 16.9 Å². The smallest absolute Gasteiger partial charge is 0.209 e. The van der Waals surface area contributed by atoms with Crippen LogP contribution in [-0.4, -0.2) is 20.5 Å². The van der Waals surface area contributed by atoms with Crippen molar-refractivity contribution in [1.29, 1.82) is 0 Å². The molecule has 158 valence electrons. The summed E-state index contributed by atoms with van der Waals surface area (Å²) < 4.78 is 16.3. The predicted molar refractivity (Wildman–Crippen MR) is 124 cm³/mol. The number of hydrogen-bond acceptors (Lipinski definition) is 5. The molecule has 0 atom stereocenters. The predicted octanol–water partition coefficient (Wildman–Crippen LogP) is 4.42. The second-order valence-electron chi connectivity index (χ2n) is 7.08. The van der Waals surface area contributed by atoms with Crippen molar-refractivity contribution < 1.29 is 4.39 Å². The molecule has 0 spiro atoms. The fraction of sp³-hybridized carbons (Fsp3) is 0.0400. The molecule has 2 N–H and O–H groups in total. The largest absolute Gasteiger partial charge is 0.402 e. The molecule has 0 aliphatic carbocycles. The van der Waals surface area contributed by atoms with Gasteiger partial charge >= 0.3 is 0 Å². The zero-order chi connectivity index (χ0) is 22.5. The van der Waals surface area contributed by atoms with Crippen LogP contribution >= 0.6 is 0 Å². The van der Waals surface area contributed by atoms with Crippen molar-refractivity contribution in [1.82, 2.24) is 14.8 Å². The first-order valence-corrected chi connectivity index (χ1v) is 9.90. The average molecular weight is 425 g/mol. The van der Waals surface area contributed by atoms with Crippen LogP contribution in [0.3, 0.4) is 0 Å². The third-order valence-electron chi connectivity index (χ3n) is 4.58. The summed E-state index contributed by atoms with van der Waals surface area (Å²) in [5.74, 6) is -0.498. The van der Waals surface area contributed by atoms with E-state index in [4.69, 9.17) is 5.73 Å². The Labute approximate surface area is 184 Å². The molecule has 0 radical (unpaired) electrons. The van der Waals surface area contributed by atoms with Gasteiger partial charge in [-0.2, -0.15) is 5.10 Å². The molecule has 4 rings (SSSR count). The highest BCUT2D eigenvalue weighted by Gasteiger charge is 2.13. The Bertz CT molecular complexity index is 1360. The van der Waals surface area contributed by atoms with Crippen LogP contribution < -0.4 is 11.2 Å². The highest BCUT2D eigenvalue weighted by Crippen LogP contribution is 2.22. The summed E-state index contributed by atoms with van der Waals surface area (Å²) in [6.07, 6.45) is 4.64. The van der Waals surface area contributed by atoms with Crippen LogP contribution in [0, 0.1) is 5.82 Å². The molecule has 0 aliphatic rings. The van der Waals surface area contributed by atoms with Gasteiger partial charge in [0.05, 0.1) is 17.1 Å². The van der Waals surface area contributed by atoms with Crippen molar-refractivity contribution >= 4 is 11.4 Å². The molecule has 7 heteroatoms. The van der Waals surface area contributed by atoms with Gasteiger partial charge in [-0.25, -0.2) is 14.1 Å². The number of pyridine rings is 1. The van der Waals surface area contributed by atoms with E-state index in [-0.39, 0.29) is 16.8 Å². The molecular formula is C25H20FN5O. The number of aromatic nitrogens is 3. The molecule has 0 amide bonds. The molecule has 0 aliphatic heterocycles. The lowest BCUT2D eigenvalue weighted by Gasteiger charge is -2.10. The topological polar surface area (TPSA) is 86.2 Å². The molecule has 4 aromatic rings. The summed E-state index contributed by atoms with van der Waals surface area (Å²) >= 11 is 0. The lowest BCUT2D eigenvalue weighted by Crippen LogP contribution is -2.21. The summed E-state index contributed by atoms with van der Waals surface area (Å²) in [5.41, 5.74) is 8.46. The molecule has 2 aromatic heterocycles. The molecule has 0 saturated heterocycles. The lowest BCUT2D eigenvalue weighted by molar-refractivity contribution is 0.608. The minimum atomic E-state index is -0.498. The van der Waals surface area contributed by atoms with Gasteiger partial charge < -0.3 is 5.73 Å². The third-order valence-corrected chi connectivity index (χ3v) is 4.58. The van der Waals surface area contributed by atoms with E-state index >= 15 is 0 Å². The number of benzene rings is 2. The Balaban J connectivity index is 1.79. The molecule has 6 nitrogen and oxygen atoms in total. The number of para-hydroxylation sites is 1. The van der Waals surface area contributed by atoms with Gasteiger partial charge in [0, 0.05) is 29.7 Å². The van der Waals surface area contributed by atoms with Gasteiger partial charge in [0.2, 0.25) is 5.43 Å². The molecule has 0 fully saturated rings. The minimum Gasteiger partial charge on any atom is -0.402 e. The Morgan fingerprint density at radius 1 is 1.06 bits per heavy atom. The Morgan fingerprint density at radius 2 is 1.84 bits per heavy atom. The van der Waals surface area contributed by atoms with Crippen LogP contribution in [0.25, 0.3) is 16.9 Å². The van der Waals surface area contributed by atoms with Gasteiger partial charge in [-0.15, -0.1) is 0 Å². The number of nitrogens with two attached hydrogens (primary N) is 1. The van der Waals surface area contributed by atoms with Crippen LogP contribution in [0.15, 0.2) is 107 Å². The Morgan fingerprint density at radius 3 is 2.53 bits per heavy atom. The second kappa shape index (κ2) is 9.18. The first-order valence-electron chi connectivity index (χ1n) is 9.90. The van der Waals surface area contributed by atoms with Gasteiger partial charge in [0.1, 0.15) is 11.5 Å². The van der Waals surface area contributed by atoms with E-state index in [9.17, 15) is 9.18 Å². The zero-order valence-corrected chi connectivity index (χ0v) is 17.3. The molecular weight excluding hydrogens is 405 g/mol. The normalized spacial score (nSPS) is 12.1. The summed E-state index contributed by atoms with van der Waals surface area (Å²) in [6, 6.07) is 20.7. The van der Waals surface area contributed by atoms with Gasteiger partial charge in [-0.1, -0.05) is 30.3 Å². The molecule has 0 saturated carbocycles. The number of hydrogen-bond donors (Lipinski definition) is 1. The quantitative estimate of drug-likeness (QED) is 0.480. The maximum Gasteiger partial charge on any atom is 0.209 e. The Kier molecular flexibility index (Phi) is 5.98. The average Bonchev–Trinajstić information content (AvgIpc) is 2.80. The number of allylic oxidation sites excluding steroid dienone is 2. The van der Waals surface area contributed by atoms with E-state index in [1.807, 2.05) is 24.3 Å². The molecule has 2 heterocycles. The van der Waals surface area contributed by atoms with E-state index in [0.29, 0.717) is 28.4 Å². The van der Waals surface area contributed by atoms with E-state index in [0.717, 1.165) is 0 Å². The van der Waals surface area contributed by atoms with Crippen LogP contribution in [0.2, 0.25) is 0 Å². The zero-order valence-electron chi connectivity index (χ0n) is 17.3. The van der Waals surface area contributed by atoms with E-state index in [1.54, 1.807) is 55.6 Å². The fourth-order valence-electron chi connectivity index (χ4n) is 3.12. The summed E-state index contributed by atoms with van der Waals surface area (Å²) in [7, 11) is 0. The summed E-state index contributed by atoms with van der Waals surface area (Å²) in [4.78, 5) is 21.4. The standard InChI is InChI=1S/C25H20FN5O/c1-17(27)15-22(29-19-7-3-2-4-8-19)25-24(32)12-14-31(30-25)23-11-10-18(16-20(23)26)21-9-5-6-13-28-21/h2-16H,27H2,1H3. The second-order valence-corrected chi connectivity index (χ2v) is 7.08. The fourth-order valence-corrected chi connectivity index (χ4v) is 3.12. The first kappa shape index (κ1) is 20.9.